The summed E-state index contributed by atoms with van der Waals surface area (Å²) >= 11 is 0. The van der Waals surface area contributed by atoms with E-state index in [0.29, 0.717) is 38.5 Å². The number of furan rings is 1. The van der Waals surface area contributed by atoms with Gasteiger partial charge in [-0.15, -0.1) is 0 Å². The molecule has 1 N–H and O–H groups in total. The maximum Gasteiger partial charge on any atom is 0.416 e. The Bertz CT molecular complexity index is 1010. The molecule has 190 valence electrons. The molecule has 11 heteroatoms. The molecular formula is C24H29F3N4O4. The summed E-state index contributed by atoms with van der Waals surface area (Å²) in [7, 11) is 0. The quantitative estimate of drug-likeness (QED) is 0.441. The lowest BCUT2D eigenvalue weighted by Gasteiger charge is -2.35. The first-order valence-electron chi connectivity index (χ1n) is 11.9. The summed E-state index contributed by atoms with van der Waals surface area (Å²) in [6, 6.07) is 6.29. The first-order valence-corrected chi connectivity index (χ1v) is 11.9. The Labute approximate surface area is 201 Å². The van der Waals surface area contributed by atoms with Gasteiger partial charge in [-0.3, -0.25) is 19.8 Å². The monoisotopic (exact) mass is 494 g/mol. The Morgan fingerprint density at radius 1 is 1.14 bits per heavy atom. The van der Waals surface area contributed by atoms with Crippen molar-refractivity contribution in [3.05, 3.63) is 58.0 Å². The molecule has 0 unspecified atom stereocenters. The molecule has 0 aliphatic carbocycles. The number of likely N-dealkylation sites (tertiary alicyclic amines) is 1. The maximum atomic E-state index is 13.0. The number of carbonyl (C=O) groups is 1. The number of nitrogens with one attached hydrogen (secondary N) is 1. The van der Waals surface area contributed by atoms with Crippen molar-refractivity contribution in [1.82, 2.24) is 10.2 Å². The molecule has 2 aliphatic rings. The van der Waals surface area contributed by atoms with Gasteiger partial charge in [0.25, 0.3) is 5.69 Å². The summed E-state index contributed by atoms with van der Waals surface area (Å²) in [4.78, 5) is 27.6. The lowest BCUT2D eigenvalue weighted by molar-refractivity contribution is -0.384. The predicted molar refractivity (Wildman–Crippen MR) is 123 cm³/mol. The number of piperidine rings is 2. The minimum absolute atomic E-state index is 0.0378. The molecule has 0 bridgehead atoms. The zero-order valence-corrected chi connectivity index (χ0v) is 19.3. The number of nitro groups is 1. The highest BCUT2D eigenvalue weighted by atomic mass is 19.4. The fourth-order valence-electron chi connectivity index (χ4n) is 4.96. The van der Waals surface area contributed by atoms with Crippen LogP contribution in [-0.2, 0) is 11.0 Å². The Hall–Kier alpha value is -3.08. The van der Waals surface area contributed by atoms with E-state index in [1.165, 1.54) is 6.42 Å². The summed E-state index contributed by atoms with van der Waals surface area (Å²) in [5.74, 6) is 0.468. The molecule has 4 rings (SSSR count). The molecule has 3 heterocycles. The van der Waals surface area contributed by atoms with E-state index in [1.54, 1.807) is 11.2 Å². The summed E-state index contributed by atoms with van der Waals surface area (Å²) < 4.78 is 44.6. The van der Waals surface area contributed by atoms with Crippen LogP contribution in [0.3, 0.4) is 0 Å². The van der Waals surface area contributed by atoms with Crippen LogP contribution in [0.25, 0.3) is 0 Å². The van der Waals surface area contributed by atoms with Gasteiger partial charge in [-0.05, 0) is 63.0 Å². The number of anilines is 1. The van der Waals surface area contributed by atoms with Crippen LogP contribution >= 0.6 is 0 Å². The molecular weight excluding hydrogens is 465 g/mol. The molecule has 2 fully saturated rings. The normalized spacial score (nSPS) is 18.9. The molecule has 2 aromatic rings. The van der Waals surface area contributed by atoms with E-state index in [0.717, 1.165) is 43.8 Å². The number of nitro benzene ring substituents is 1. The third-order valence-electron chi connectivity index (χ3n) is 6.88. The third kappa shape index (κ3) is 5.95. The highest BCUT2D eigenvalue weighted by Crippen LogP contribution is 2.37. The fraction of sp³-hybridized carbons (Fsp3) is 0.542. The van der Waals surface area contributed by atoms with Gasteiger partial charge in [0.05, 0.1) is 22.8 Å². The van der Waals surface area contributed by atoms with Gasteiger partial charge in [-0.25, -0.2) is 0 Å². The lowest BCUT2D eigenvalue weighted by Crippen LogP contribution is -2.44. The first kappa shape index (κ1) is 25.0. The Morgan fingerprint density at radius 3 is 2.46 bits per heavy atom. The van der Waals surface area contributed by atoms with E-state index in [1.807, 2.05) is 12.1 Å². The van der Waals surface area contributed by atoms with Crippen LogP contribution < -0.4 is 10.2 Å². The van der Waals surface area contributed by atoms with Gasteiger partial charge in [0.1, 0.15) is 11.4 Å². The average Bonchev–Trinajstić information content (AvgIpc) is 3.38. The molecule has 1 atom stereocenters. The summed E-state index contributed by atoms with van der Waals surface area (Å²) in [6.45, 7) is 3.02. The summed E-state index contributed by atoms with van der Waals surface area (Å²) in [5, 5.41) is 14.5. The maximum absolute atomic E-state index is 13.0. The molecule has 0 spiro atoms. The number of amides is 1. The van der Waals surface area contributed by atoms with Crippen molar-refractivity contribution < 1.29 is 27.3 Å². The predicted octanol–water partition coefficient (Wildman–Crippen LogP) is 4.77. The minimum Gasteiger partial charge on any atom is -0.468 e. The van der Waals surface area contributed by atoms with Gasteiger partial charge in [-0.2, -0.15) is 13.2 Å². The number of halogens is 3. The molecule has 2 aliphatic heterocycles. The van der Waals surface area contributed by atoms with Gasteiger partial charge in [-0.1, -0.05) is 6.42 Å². The van der Waals surface area contributed by atoms with Crippen LogP contribution in [-0.4, -0.2) is 48.5 Å². The molecule has 35 heavy (non-hydrogen) atoms. The van der Waals surface area contributed by atoms with E-state index < -0.39 is 22.4 Å². The van der Waals surface area contributed by atoms with E-state index >= 15 is 0 Å². The van der Waals surface area contributed by atoms with E-state index in [9.17, 15) is 28.1 Å². The zero-order chi connectivity index (χ0) is 25.0. The highest BCUT2D eigenvalue weighted by Gasteiger charge is 2.35. The Kier molecular flexibility index (Phi) is 7.63. The smallest absolute Gasteiger partial charge is 0.416 e. The van der Waals surface area contributed by atoms with Crippen LogP contribution in [0.1, 0.15) is 49.5 Å². The average molecular weight is 495 g/mol. The number of nitrogens with zero attached hydrogens (tertiary/aromatic N) is 3. The summed E-state index contributed by atoms with van der Waals surface area (Å²) in [6.07, 6.45) is 1.31. The number of hydrogen-bond donors (Lipinski definition) is 1. The third-order valence-corrected chi connectivity index (χ3v) is 6.88. The molecule has 0 saturated carbocycles. The van der Waals surface area contributed by atoms with Crippen molar-refractivity contribution >= 4 is 17.3 Å². The summed E-state index contributed by atoms with van der Waals surface area (Å²) in [5.41, 5.74) is -1.49. The molecule has 8 nitrogen and oxygen atoms in total. The van der Waals surface area contributed by atoms with Gasteiger partial charge in [0, 0.05) is 31.6 Å². The molecule has 1 aromatic heterocycles. The zero-order valence-electron chi connectivity index (χ0n) is 19.3. The Balaban J connectivity index is 1.36. The largest absolute Gasteiger partial charge is 0.468 e. The number of alkyl halides is 3. The van der Waals surface area contributed by atoms with Crippen molar-refractivity contribution in [3.8, 4) is 0 Å². The van der Waals surface area contributed by atoms with E-state index in [2.05, 4.69) is 10.2 Å². The second-order valence-electron chi connectivity index (χ2n) is 9.09. The lowest BCUT2D eigenvalue weighted by atomic mass is 9.95. The molecule has 2 saturated heterocycles. The van der Waals surface area contributed by atoms with Gasteiger partial charge in [0.2, 0.25) is 5.91 Å². The van der Waals surface area contributed by atoms with Crippen molar-refractivity contribution in [3.63, 3.8) is 0 Å². The second kappa shape index (κ2) is 10.7. The van der Waals surface area contributed by atoms with Crippen LogP contribution in [0, 0.1) is 16.0 Å². The topological polar surface area (TPSA) is 91.9 Å². The molecule has 1 aromatic carbocycles. The van der Waals surface area contributed by atoms with Crippen molar-refractivity contribution in [2.75, 3.05) is 37.6 Å². The van der Waals surface area contributed by atoms with Gasteiger partial charge < -0.3 is 14.6 Å². The highest BCUT2D eigenvalue weighted by molar-refractivity contribution is 5.79. The Morgan fingerprint density at radius 2 is 1.86 bits per heavy atom. The standard InChI is InChI=1S/C24H29F3N4O4/c25-24(26,27)18-6-7-19(20(15-18)31(33)34)30-12-8-17(9-13-30)23(32)28-16-21(22-5-4-14-35-22)29-10-2-1-3-11-29/h4-7,14-15,17,21H,1-3,8-13,16H2,(H,28,32)/t21-/m0/s1. The number of carbonyl (C=O) groups excluding carboxylic acids is 1. The SMILES string of the molecule is O=C(NC[C@@H](c1ccco1)N1CCCCC1)C1CCN(c2ccc(C(F)(F)F)cc2[N+](=O)[O-])CC1. The van der Waals surface area contributed by atoms with Gasteiger partial charge >= 0.3 is 6.18 Å². The second-order valence-corrected chi connectivity index (χ2v) is 9.09. The van der Waals surface area contributed by atoms with Crippen molar-refractivity contribution in [2.45, 2.75) is 44.3 Å². The molecule has 0 radical (unpaired) electrons. The van der Waals surface area contributed by atoms with Crippen LogP contribution in [0.2, 0.25) is 0 Å². The van der Waals surface area contributed by atoms with Crippen LogP contribution in [0.15, 0.2) is 41.0 Å². The molecule has 1 amide bonds. The van der Waals surface area contributed by atoms with E-state index in [-0.39, 0.29) is 23.6 Å². The minimum atomic E-state index is -4.66. The van der Waals surface area contributed by atoms with Gasteiger partial charge in [0.15, 0.2) is 0 Å². The first-order chi connectivity index (χ1) is 16.7. The number of rotatable bonds is 7. The van der Waals surface area contributed by atoms with Crippen molar-refractivity contribution in [1.29, 1.82) is 0 Å². The number of hydrogen-bond acceptors (Lipinski definition) is 6. The van der Waals surface area contributed by atoms with Crippen molar-refractivity contribution in [2.24, 2.45) is 5.92 Å². The fourth-order valence-corrected chi connectivity index (χ4v) is 4.96. The van der Waals surface area contributed by atoms with Crippen LogP contribution in [0.4, 0.5) is 24.5 Å². The van der Waals surface area contributed by atoms with E-state index in [4.69, 9.17) is 4.42 Å². The number of benzene rings is 1. The van der Waals surface area contributed by atoms with Crippen LogP contribution in [0.5, 0.6) is 0 Å².